The molecule has 24 heavy (non-hydrogen) atoms. The van der Waals surface area contributed by atoms with Crippen LogP contribution in [0.4, 0.5) is 10.2 Å². The molecule has 0 saturated carbocycles. The summed E-state index contributed by atoms with van der Waals surface area (Å²) in [5, 5.41) is 16.6. The molecule has 0 atom stereocenters. The van der Waals surface area contributed by atoms with Crippen LogP contribution in [-0.2, 0) is 0 Å². The van der Waals surface area contributed by atoms with E-state index in [1.165, 1.54) is 12.1 Å². The van der Waals surface area contributed by atoms with E-state index in [2.05, 4.69) is 25.4 Å². The average Bonchev–Trinajstić information content (AvgIpc) is 3.17. The normalized spacial score (nSPS) is 15.6. The number of hydrogen-bond donors (Lipinski definition) is 0. The smallest absolute Gasteiger partial charge is 0.151 e. The zero-order chi connectivity index (χ0) is 16.4. The van der Waals surface area contributed by atoms with Gasteiger partial charge in [-0.2, -0.15) is 0 Å². The Hall–Kier alpha value is -2.83. The topological polar surface area (TPSA) is 59.7 Å². The maximum atomic E-state index is 13.0. The molecule has 0 unspecified atom stereocenters. The van der Waals surface area contributed by atoms with Crippen molar-refractivity contribution in [1.29, 1.82) is 0 Å². The van der Waals surface area contributed by atoms with E-state index in [4.69, 9.17) is 0 Å². The van der Waals surface area contributed by atoms with Gasteiger partial charge in [0.1, 0.15) is 5.82 Å². The molecule has 1 aromatic carbocycles. The summed E-state index contributed by atoms with van der Waals surface area (Å²) in [5.74, 6) is 0.622. The quantitative estimate of drug-likeness (QED) is 0.741. The number of anilines is 1. The summed E-state index contributed by atoms with van der Waals surface area (Å²) in [5.41, 5.74) is 1.61. The van der Waals surface area contributed by atoms with Crippen LogP contribution < -0.4 is 4.90 Å². The molecular weight excluding hydrogens is 307 g/mol. The van der Waals surface area contributed by atoms with Crippen molar-refractivity contribution in [2.45, 2.75) is 18.9 Å². The summed E-state index contributed by atoms with van der Waals surface area (Å²) < 4.78 is 14.9. The summed E-state index contributed by atoms with van der Waals surface area (Å²) in [6.07, 6.45) is 5.64. The minimum absolute atomic E-state index is 0.251. The molecule has 3 heterocycles. The van der Waals surface area contributed by atoms with Crippen LogP contribution in [0.1, 0.15) is 18.9 Å². The van der Waals surface area contributed by atoms with E-state index in [9.17, 15) is 4.39 Å². The molecule has 1 saturated heterocycles. The van der Waals surface area contributed by atoms with Crippen LogP contribution in [0.5, 0.6) is 0 Å². The number of rotatable bonds is 3. The number of aromatic nitrogens is 5. The van der Waals surface area contributed by atoms with Crippen molar-refractivity contribution < 1.29 is 4.39 Å². The molecule has 0 amide bonds. The van der Waals surface area contributed by atoms with Gasteiger partial charge in [-0.1, -0.05) is 5.21 Å². The van der Waals surface area contributed by atoms with Crippen molar-refractivity contribution >= 4 is 5.82 Å². The Bertz CT molecular complexity index is 777. The van der Waals surface area contributed by atoms with Gasteiger partial charge in [0, 0.05) is 24.8 Å². The molecule has 4 rings (SSSR count). The van der Waals surface area contributed by atoms with Crippen LogP contribution in [-0.4, -0.2) is 38.3 Å². The Morgan fingerprint density at radius 1 is 0.958 bits per heavy atom. The summed E-state index contributed by atoms with van der Waals surface area (Å²) >= 11 is 0. The van der Waals surface area contributed by atoms with Crippen LogP contribution in [0.15, 0.2) is 48.8 Å². The molecule has 2 aromatic heterocycles. The first kappa shape index (κ1) is 14.7. The van der Waals surface area contributed by atoms with Gasteiger partial charge in [-0.05, 0) is 49.2 Å². The van der Waals surface area contributed by atoms with Crippen molar-refractivity contribution in [3.63, 3.8) is 0 Å². The molecule has 1 aliphatic heterocycles. The predicted molar refractivity (Wildman–Crippen MR) is 87.9 cm³/mol. The first-order chi connectivity index (χ1) is 11.8. The van der Waals surface area contributed by atoms with Crippen molar-refractivity contribution in [3.8, 4) is 11.3 Å². The Morgan fingerprint density at radius 2 is 1.75 bits per heavy atom. The molecule has 0 spiro atoms. The van der Waals surface area contributed by atoms with Crippen LogP contribution in [0.2, 0.25) is 0 Å². The summed E-state index contributed by atoms with van der Waals surface area (Å²) in [6, 6.07) is 10.6. The molecule has 0 bridgehead atoms. The maximum Gasteiger partial charge on any atom is 0.151 e. The predicted octanol–water partition coefficient (Wildman–Crippen LogP) is 2.72. The van der Waals surface area contributed by atoms with Gasteiger partial charge in [0.2, 0.25) is 0 Å². The van der Waals surface area contributed by atoms with Gasteiger partial charge in [0.15, 0.2) is 5.82 Å². The number of piperidine rings is 1. The van der Waals surface area contributed by atoms with Crippen LogP contribution >= 0.6 is 0 Å². The van der Waals surface area contributed by atoms with Crippen molar-refractivity contribution in [2.75, 3.05) is 18.0 Å². The van der Waals surface area contributed by atoms with Crippen LogP contribution in [0, 0.1) is 5.82 Å². The summed E-state index contributed by atoms with van der Waals surface area (Å²) in [4.78, 5) is 2.23. The van der Waals surface area contributed by atoms with Gasteiger partial charge in [-0.25, -0.2) is 9.07 Å². The van der Waals surface area contributed by atoms with E-state index in [0.717, 1.165) is 43.0 Å². The van der Waals surface area contributed by atoms with E-state index < -0.39 is 0 Å². The highest BCUT2D eigenvalue weighted by molar-refractivity contribution is 5.59. The molecule has 0 N–H and O–H groups in total. The van der Waals surface area contributed by atoms with Gasteiger partial charge in [-0.15, -0.1) is 15.3 Å². The third-order valence-corrected chi connectivity index (χ3v) is 4.39. The second-order valence-electron chi connectivity index (χ2n) is 5.88. The lowest BCUT2D eigenvalue weighted by Gasteiger charge is -2.32. The monoisotopic (exact) mass is 324 g/mol. The van der Waals surface area contributed by atoms with Gasteiger partial charge in [0.25, 0.3) is 0 Å². The zero-order valence-corrected chi connectivity index (χ0v) is 13.1. The zero-order valence-electron chi connectivity index (χ0n) is 13.1. The van der Waals surface area contributed by atoms with E-state index in [0.29, 0.717) is 6.04 Å². The molecular formula is C17H17FN6. The van der Waals surface area contributed by atoms with Crippen molar-refractivity contribution in [3.05, 3.63) is 54.6 Å². The van der Waals surface area contributed by atoms with Crippen LogP contribution in [0.3, 0.4) is 0 Å². The third-order valence-electron chi connectivity index (χ3n) is 4.39. The Morgan fingerprint density at radius 3 is 2.38 bits per heavy atom. The molecule has 122 valence electrons. The molecule has 7 heteroatoms. The van der Waals surface area contributed by atoms with Gasteiger partial charge >= 0.3 is 0 Å². The SMILES string of the molecule is Fc1ccc(-c2ccc(N3CCC(n4ccnn4)CC3)nn2)cc1. The Labute approximate surface area is 138 Å². The molecule has 6 nitrogen and oxygen atoms in total. The van der Waals surface area contributed by atoms with Gasteiger partial charge in [0.05, 0.1) is 17.9 Å². The van der Waals surface area contributed by atoms with E-state index in [-0.39, 0.29) is 5.82 Å². The number of hydrogen-bond acceptors (Lipinski definition) is 5. The standard InChI is InChI=1S/C17H17FN6/c18-14-3-1-13(2-4-14)16-5-6-17(21-20-16)23-10-7-15(8-11-23)24-12-9-19-22-24/h1-6,9,12,15H,7-8,10-11H2. The fourth-order valence-corrected chi connectivity index (χ4v) is 3.04. The molecule has 0 radical (unpaired) electrons. The first-order valence-corrected chi connectivity index (χ1v) is 8.00. The van der Waals surface area contributed by atoms with Gasteiger partial charge < -0.3 is 4.90 Å². The highest BCUT2D eigenvalue weighted by Gasteiger charge is 2.22. The van der Waals surface area contributed by atoms with E-state index >= 15 is 0 Å². The number of halogens is 1. The lowest BCUT2D eigenvalue weighted by Crippen LogP contribution is -2.35. The van der Waals surface area contributed by atoms with Gasteiger partial charge in [-0.3, -0.25) is 0 Å². The number of nitrogens with zero attached hydrogens (tertiary/aromatic N) is 6. The Kier molecular flexibility index (Phi) is 3.90. The van der Waals surface area contributed by atoms with Crippen LogP contribution in [0.25, 0.3) is 11.3 Å². The fraction of sp³-hybridized carbons (Fsp3) is 0.294. The largest absolute Gasteiger partial charge is 0.355 e. The Balaban J connectivity index is 1.43. The van der Waals surface area contributed by atoms with E-state index in [1.807, 2.05) is 23.0 Å². The third kappa shape index (κ3) is 2.97. The fourth-order valence-electron chi connectivity index (χ4n) is 3.04. The maximum absolute atomic E-state index is 13.0. The highest BCUT2D eigenvalue weighted by Crippen LogP contribution is 2.25. The minimum Gasteiger partial charge on any atom is -0.355 e. The summed E-state index contributed by atoms with van der Waals surface area (Å²) in [7, 11) is 0. The molecule has 1 fully saturated rings. The lowest BCUT2D eigenvalue weighted by molar-refractivity contribution is 0.359. The molecule has 1 aliphatic rings. The van der Waals surface area contributed by atoms with Crippen molar-refractivity contribution in [2.24, 2.45) is 0 Å². The highest BCUT2D eigenvalue weighted by atomic mass is 19.1. The average molecular weight is 324 g/mol. The summed E-state index contributed by atoms with van der Waals surface area (Å²) in [6.45, 7) is 1.82. The second-order valence-corrected chi connectivity index (χ2v) is 5.88. The minimum atomic E-state index is -0.251. The number of benzene rings is 1. The first-order valence-electron chi connectivity index (χ1n) is 8.00. The molecule has 0 aliphatic carbocycles. The lowest BCUT2D eigenvalue weighted by atomic mass is 10.1. The van der Waals surface area contributed by atoms with Crippen molar-refractivity contribution in [1.82, 2.24) is 25.2 Å². The molecule has 3 aromatic rings. The second kappa shape index (κ2) is 6.35. The van der Waals surface area contributed by atoms with E-state index in [1.54, 1.807) is 18.3 Å².